The van der Waals surface area contributed by atoms with Gasteiger partial charge in [0.05, 0.1) is 6.54 Å². The summed E-state index contributed by atoms with van der Waals surface area (Å²) in [5.41, 5.74) is 0. The Morgan fingerprint density at radius 1 is 1.23 bits per heavy atom. The van der Waals surface area contributed by atoms with E-state index in [0.29, 0.717) is 6.54 Å². The smallest absolute Gasteiger partial charge is 0.236 e. The second-order valence-corrected chi connectivity index (χ2v) is 5.75. The van der Waals surface area contributed by atoms with E-state index in [-0.39, 0.29) is 5.91 Å². The second kappa shape index (κ2) is 8.65. The van der Waals surface area contributed by atoms with Gasteiger partial charge in [0.15, 0.2) is 0 Å². The fourth-order valence-corrected chi connectivity index (χ4v) is 2.44. The first-order valence-corrected chi connectivity index (χ1v) is 7.82. The van der Waals surface area contributed by atoms with Gasteiger partial charge >= 0.3 is 0 Å². The lowest BCUT2D eigenvalue weighted by Gasteiger charge is -2.34. The molecule has 0 aliphatic carbocycles. The summed E-state index contributed by atoms with van der Waals surface area (Å²) >= 11 is 0. The van der Waals surface area contributed by atoms with Crippen LogP contribution in [0.25, 0.3) is 0 Å². The van der Waals surface area contributed by atoms with Gasteiger partial charge in [0.1, 0.15) is 0 Å². The zero-order valence-corrected chi connectivity index (χ0v) is 13.5. The summed E-state index contributed by atoms with van der Waals surface area (Å²) in [6.07, 6.45) is 4.55. The van der Waals surface area contributed by atoms with Gasteiger partial charge in [-0.3, -0.25) is 4.79 Å². The van der Waals surface area contributed by atoms with Crippen molar-refractivity contribution in [2.45, 2.75) is 6.42 Å². The van der Waals surface area contributed by atoms with Crippen molar-refractivity contribution in [1.82, 2.24) is 25.1 Å². The van der Waals surface area contributed by atoms with Crippen molar-refractivity contribution in [2.75, 3.05) is 64.8 Å². The Bertz CT molecular complexity index is 445. The molecule has 7 nitrogen and oxygen atoms in total. The molecule has 0 saturated carbocycles. The van der Waals surface area contributed by atoms with Gasteiger partial charge in [-0.1, -0.05) is 0 Å². The molecule has 1 aliphatic heterocycles. The third-order valence-corrected chi connectivity index (χ3v) is 3.70. The van der Waals surface area contributed by atoms with E-state index in [2.05, 4.69) is 39.2 Å². The van der Waals surface area contributed by atoms with Crippen molar-refractivity contribution in [2.24, 2.45) is 0 Å². The third-order valence-electron chi connectivity index (χ3n) is 3.70. The molecule has 0 atom stereocenters. The highest BCUT2D eigenvalue weighted by molar-refractivity contribution is 5.78. The van der Waals surface area contributed by atoms with Crippen LogP contribution in [0.1, 0.15) is 6.42 Å². The number of hydrogen-bond acceptors (Lipinski definition) is 6. The van der Waals surface area contributed by atoms with Crippen LogP contribution >= 0.6 is 0 Å². The molecule has 1 saturated heterocycles. The Kier molecular flexibility index (Phi) is 6.54. The number of anilines is 1. The largest absolute Gasteiger partial charge is 0.338 e. The molecule has 2 heterocycles. The quantitative estimate of drug-likeness (QED) is 0.696. The SMILES string of the molecule is CN(C)CCCNCC(=O)N1CCN(c2ncccn2)CC1. The molecular formula is C15H26N6O. The van der Waals surface area contributed by atoms with Crippen LogP contribution in [0.2, 0.25) is 0 Å². The first kappa shape index (κ1) is 16.6. The molecule has 0 radical (unpaired) electrons. The highest BCUT2D eigenvalue weighted by atomic mass is 16.2. The maximum absolute atomic E-state index is 12.1. The maximum Gasteiger partial charge on any atom is 0.236 e. The van der Waals surface area contributed by atoms with Crippen molar-refractivity contribution in [1.29, 1.82) is 0 Å². The van der Waals surface area contributed by atoms with E-state index in [1.165, 1.54) is 0 Å². The van der Waals surface area contributed by atoms with Gasteiger partial charge < -0.3 is 20.0 Å². The van der Waals surface area contributed by atoms with Crippen LogP contribution in [0.5, 0.6) is 0 Å². The molecule has 2 rings (SSSR count). The van der Waals surface area contributed by atoms with Crippen molar-refractivity contribution in [3.8, 4) is 0 Å². The predicted octanol–water partition coefficient (Wildman–Crippen LogP) is -0.333. The van der Waals surface area contributed by atoms with Crippen LogP contribution in [-0.4, -0.2) is 85.6 Å². The topological polar surface area (TPSA) is 64.6 Å². The molecule has 0 spiro atoms. The first-order chi connectivity index (χ1) is 10.7. The summed E-state index contributed by atoms with van der Waals surface area (Å²) in [6.45, 7) is 5.38. The average Bonchev–Trinajstić information content (AvgIpc) is 2.55. The number of piperazine rings is 1. The lowest BCUT2D eigenvalue weighted by Crippen LogP contribution is -2.51. The highest BCUT2D eigenvalue weighted by Gasteiger charge is 2.21. The number of nitrogens with one attached hydrogen (secondary N) is 1. The van der Waals surface area contributed by atoms with E-state index in [1.54, 1.807) is 12.4 Å². The second-order valence-electron chi connectivity index (χ2n) is 5.75. The summed E-state index contributed by atoms with van der Waals surface area (Å²) in [7, 11) is 4.11. The van der Waals surface area contributed by atoms with Crippen molar-refractivity contribution < 1.29 is 4.79 Å². The molecule has 22 heavy (non-hydrogen) atoms. The van der Waals surface area contributed by atoms with E-state index in [9.17, 15) is 4.79 Å². The number of aromatic nitrogens is 2. The van der Waals surface area contributed by atoms with Gasteiger partial charge in [-0.25, -0.2) is 9.97 Å². The molecule has 1 amide bonds. The van der Waals surface area contributed by atoms with Gasteiger partial charge in [-0.2, -0.15) is 0 Å². The lowest BCUT2D eigenvalue weighted by atomic mass is 10.3. The zero-order chi connectivity index (χ0) is 15.8. The summed E-state index contributed by atoms with van der Waals surface area (Å²) in [4.78, 5) is 26.8. The van der Waals surface area contributed by atoms with Gasteiger partial charge in [0, 0.05) is 38.6 Å². The summed E-state index contributed by atoms with van der Waals surface area (Å²) in [5, 5.41) is 3.22. The zero-order valence-electron chi connectivity index (χ0n) is 13.5. The lowest BCUT2D eigenvalue weighted by molar-refractivity contribution is -0.130. The molecule has 0 unspecified atom stereocenters. The maximum atomic E-state index is 12.1. The van der Waals surface area contributed by atoms with Crippen LogP contribution in [0.15, 0.2) is 18.5 Å². The first-order valence-electron chi connectivity index (χ1n) is 7.82. The Morgan fingerprint density at radius 3 is 2.55 bits per heavy atom. The number of nitrogens with zero attached hydrogens (tertiary/aromatic N) is 5. The minimum Gasteiger partial charge on any atom is -0.338 e. The normalized spacial score (nSPS) is 15.4. The molecule has 0 bridgehead atoms. The molecule has 122 valence electrons. The molecule has 1 fully saturated rings. The van der Waals surface area contributed by atoms with E-state index in [0.717, 1.165) is 51.6 Å². The van der Waals surface area contributed by atoms with Crippen LogP contribution in [0.4, 0.5) is 5.95 Å². The summed E-state index contributed by atoms with van der Waals surface area (Å²) in [5.74, 6) is 0.926. The fraction of sp³-hybridized carbons (Fsp3) is 0.667. The van der Waals surface area contributed by atoms with Crippen LogP contribution in [-0.2, 0) is 4.79 Å². The molecule has 1 N–H and O–H groups in total. The number of carbonyl (C=O) groups excluding carboxylic acids is 1. The van der Waals surface area contributed by atoms with Crippen LogP contribution < -0.4 is 10.2 Å². The van der Waals surface area contributed by atoms with E-state index < -0.39 is 0 Å². The Labute approximate surface area is 132 Å². The number of carbonyl (C=O) groups is 1. The average molecular weight is 306 g/mol. The van der Waals surface area contributed by atoms with Crippen LogP contribution in [0, 0.1) is 0 Å². The molecule has 7 heteroatoms. The monoisotopic (exact) mass is 306 g/mol. The summed E-state index contributed by atoms with van der Waals surface area (Å²) < 4.78 is 0. The van der Waals surface area contributed by atoms with Crippen LogP contribution in [0.3, 0.4) is 0 Å². The van der Waals surface area contributed by atoms with E-state index in [4.69, 9.17) is 0 Å². The minimum absolute atomic E-state index is 0.179. The minimum atomic E-state index is 0.179. The number of amides is 1. The third kappa shape index (κ3) is 5.23. The molecule has 1 aromatic rings. The van der Waals surface area contributed by atoms with Crippen molar-refractivity contribution in [3.05, 3.63) is 18.5 Å². The highest BCUT2D eigenvalue weighted by Crippen LogP contribution is 2.09. The Morgan fingerprint density at radius 2 is 1.91 bits per heavy atom. The standard InChI is InChI=1S/C15H26N6O/c1-19(2)8-4-5-16-13-14(22)20-9-11-21(12-10-20)15-17-6-3-7-18-15/h3,6-7,16H,4-5,8-13H2,1-2H3. The molecular weight excluding hydrogens is 280 g/mol. The van der Waals surface area contributed by atoms with E-state index >= 15 is 0 Å². The van der Waals surface area contributed by atoms with E-state index in [1.807, 2.05) is 11.0 Å². The Balaban J connectivity index is 1.65. The molecule has 0 aromatic carbocycles. The van der Waals surface area contributed by atoms with Gasteiger partial charge in [0.2, 0.25) is 11.9 Å². The summed E-state index contributed by atoms with van der Waals surface area (Å²) in [6, 6.07) is 1.81. The number of hydrogen-bond donors (Lipinski definition) is 1. The predicted molar refractivity (Wildman–Crippen MR) is 86.9 cm³/mol. The fourth-order valence-electron chi connectivity index (χ4n) is 2.44. The van der Waals surface area contributed by atoms with Gasteiger partial charge in [-0.15, -0.1) is 0 Å². The van der Waals surface area contributed by atoms with Gasteiger partial charge in [-0.05, 0) is 39.7 Å². The Hall–Kier alpha value is -1.73. The van der Waals surface area contributed by atoms with Crippen molar-refractivity contribution in [3.63, 3.8) is 0 Å². The van der Waals surface area contributed by atoms with Gasteiger partial charge in [0.25, 0.3) is 0 Å². The number of rotatable bonds is 7. The molecule has 1 aliphatic rings. The molecule has 1 aromatic heterocycles. The van der Waals surface area contributed by atoms with Crippen molar-refractivity contribution >= 4 is 11.9 Å².